The van der Waals surface area contributed by atoms with Gasteiger partial charge in [-0.15, -0.1) is 0 Å². The maximum atomic E-state index is 13.7. The molecule has 1 aliphatic heterocycles. The van der Waals surface area contributed by atoms with E-state index in [2.05, 4.69) is 0 Å². The number of ether oxygens (including phenoxy) is 1. The number of para-hydroxylation sites is 1. The van der Waals surface area contributed by atoms with Gasteiger partial charge in [0.2, 0.25) is 11.8 Å². The Bertz CT molecular complexity index is 1770. The van der Waals surface area contributed by atoms with Gasteiger partial charge in [-0.2, -0.15) is 13.2 Å². The van der Waals surface area contributed by atoms with Gasteiger partial charge in [0.1, 0.15) is 12.4 Å². The van der Waals surface area contributed by atoms with Crippen LogP contribution in [0.5, 0.6) is 5.75 Å². The van der Waals surface area contributed by atoms with Gasteiger partial charge in [0.25, 0.3) is 0 Å². The molecule has 0 bridgehead atoms. The standard InChI is InChI=1S/C34H31F3N4O5/c35-34(36,37)31(43)38-24-14-15-41(19-24)32(44)33(18-27(33)30(42)40-45)17-21-10-12-25(13-11-21)46-20-23-16-29(22-6-2-1-3-7-22)39-28-9-5-4-8-26(23)28/h1-13,16,24,27,45H,14-15,17-20H2,(H,38,43)(H,40,42)/t24?,27-,33+/m1/s1. The molecule has 2 fully saturated rings. The summed E-state index contributed by atoms with van der Waals surface area (Å²) in [6.45, 7) is 0.321. The topological polar surface area (TPSA) is 121 Å². The second-order valence-corrected chi connectivity index (χ2v) is 11.8. The molecule has 0 spiro atoms. The van der Waals surface area contributed by atoms with Crippen molar-refractivity contribution in [1.82, 2.24) is 20.7 Å². The molecule has 3 aromatic carbocycles. The molecule has 3 N–H and O–H groups in total. The first kappa shape index (κ1) is 31.0. The highest BCUT2D eigenvalue weighted by Crippen LogP contribution is 2.56. The van der Waals surface area contributed by atoms with Crippen molar-refractivity contribution in [3.63, 3.8) is 0 Å². The molecule has 1 saturated heterocycles. The fourth-order valence-corrected chi connectivity index (χ4v) is 6.23. The SMILES string of the molecule is O=C(NO)[C@H]1C[C@]1(Cc1ccc(OCc2cc(-c3ccccc3)nc3ccccc23)cc1)C(=O)N1CCC(NC(=O)C(F)(F)F)C1. The first-order valence-electron chi connectivity index (χ1n) is 14.8. The molecular weight excluding hydrogens is 601 g/mol. The molecule has 2 heterocycles. The number of aromatic nitrogens is 1. The minimum Gasteiger partial charge on any atom is -0.489 e. The van der Waals surface area contributed by atoms with Crippen molar-refractivity contribution in [2.45, 2.75) is 38.1 Å². The van der Waals surface area contributed by atoms with Crippen molar-refractivity contribution in [3.8, 4) is 17.0 Å². The number of fused-ring (bicyclic) bond motifs is 1. The first-order chi connectivity index (χ1) is 22.1. The molecule has 46 heavy (non-hydrogen) atoms. The van der Waals surface area contributed by atoms with Crippen molar-refractivity contribution in [3.05, 3.63) is 96.1 Å². The van der Waals surface area contributed by atoms with E-state index in [0.717, 1.165) is 33.3 Å². The number of pyridine rings is 1. The number of hydrogen-bond acceptors (Lipinski definition) is 6. The van der Waals surface area contributed by atoms with Crippen LogP contribution in [-0.4, -0.2) is 58.1 Å². The summed E-state index contributed by atoms with van der Waals surface area (Å²) in [6.07, 6.45) is -4.51. The zero-order valence-electron chi connectivity index (χ0n) is 24.6. The second-order valence-electron chi connectivity index (χ2n) is 11.8. The lowest BCUT2D eigenvalue weighted by Crippen LogP contribution is -2.46. The van der Waals surface area contributed by atoms with Crippen LogP contribution < -0.4 is 15.5 Å². The molecular formula is C34H31F3N4O5. The summed E-state index contributed by atoms with van der Waals surface area (Å²) in [5, 5.41) is 12.1. The number of benzene rings is 3. The second kappa shape index (κ2) is 12.4. The lowest BCUT2D eigenvalue weighted by atomic mass is 9.92. The van der Waals surface area contributed by atoms with E-state index in [1.165, 1.54) is 4.90 Å². The number of hydroxylamine groups is 1. The van der Waals surface area contributed by atoms with Gasteiger partial charge in [0, 0.05) is 35.6 Å². The van der Waals surface area contributed by atoms with E-state index < -0.39 is 41.3 Å². The Hall–Kier alpha value is -4.97. The van der Waals surface area contributed by atoms with Crippen molar-refractivity contribution in [2.24, 2.45) is 11.3 Å². The van der Waals surface area contributed by atoms with Gasteiger partial charge in [-0.25, -0.2) is 10.5 Å². The highest BCUT2D eigenvalue weighted by molar-refractivity contribution is 5.96. The number of nitrogens with zero attached hydrogens (tertiary/aromatic N) is 2. The van der Waals surface area contributed by atoms with Crippen LogP contribution in [0.25, 0.3) is 22.2 Å². The third-order valence-electron chi connectivity index (χ3n) is 8.70. The number of amides is 3. The Morgan fingerprint density at radius 2 is 1.72 bits per heavy atom. The molecule has 3 atom stereocenters. The third-order valence-corrected chi connectivity index (χ3v) is 8.70. The summed E-state index contributed by atoms with van der Waals surface area (Å²) in [7, 11) is 0. The van der Waals surface area contributed by atoms with E-state index in [4.69, 9.17) is 9.72 Å². The largest absolute Gasteiger partial charge is 0.489 e. The number of halogens is 3. The zero-order chi connectivity index (χ0) is 32.5. The molecule has 238 valence electrons. The Labute approximate surface area is 262 Å². The maximum Gasteiger partial charge on any atom is 0.471 e. The average molecular weight is 633 g/mol. The molecule has 4 aromatic rings. The van der Waals surface area contributed by atoms with E-state index in [9.17, 15) is 32.8 Å². The van der Waals surface area contributed by atoms with Crippen LogP contribution in [0.4, 0.5) is 13.2 Å². The van der Waals surface area contributed by atoms with Crippen molar-refractivity contribution in [1.29, 1.82) is 0 Å². The number of nitrogens with one attached hydrogen (secondary N) is 2. The normalized spacial score (nSPS) is 20.7. The molecule has 1 unspecified atom stereocenters. The fraction of sp³-hybridized carbons (Fsp3) is 0.294. The molecule has 1 saturated carbocycles. The molecule has 1 aliphatic carbocycles. The number of hydrogen-bond donors (Lipinski definition) is 3. The fourth-order valence-electron chi connectivity index (χ4n) is 6.23. The summed E-state index contributed by atoms with van der Waals surface area (Å²) in [4.78, 5) is 43.6. The van der Waals surface area contributed by atoms with Crippen LogP contribution in [0.15, 0.2) is 84.9 Å². The van der Waals surface area contributed by atoms with Crippen LogP contribution in [0.1, 0.15) is 24.0 Å². The van der Waals surface area contributed by atoms with Crippen LogP contribution in [-0.2, 0) is 27.4 Å². The lowest BCUT2D eigenvalue weighted by molar-refractivity contribution is -0.174. The van der Waals surface area contributed by atoms with Gasteiger partial charge < -0.3 is 15.0 Å². The van der Waals surface area contributed by atoms with Gasteiger partial charge in [0.15, 0.2) is 0 Å². The monoisotopic (exact) mass is 632 g/mol. The minimum atomic E-state index is -5.02. The van der Waals surface area contributed by atoms with Gasteiger partial charge in [-0.3, -0.25) is 19.6 Å². The Morgan fingerprint density at radius 3 is 2.43 bits per heavy atom. The van der Waals surface area contributed by atoms with Crippen molar-refractivity contribution < 1.29 is 37.5 Å². The molecule has 0 radical (unpaired) electrons. The molecule has 3 amide bonds. The van der Waals surface area contributed by atoms with E-state index in [1.54, 1.807) is 29.7 Å². The summed E-state index contributed by atoms with van der Waals surface area (Å²) in [5.74, 6) is -3.36. The van der Waals surface area contributed by atoms with Crippen LogP contribution in [0.2, 0.25) is 0 Å². The van der Waals surface area contributed by atoms with Crippen molar-refractivity contribution in [2.75, 3.05) is 13.1 Å². The molecule has 9 nitrogen and oxygen atoms in total. The smallest absolute Gasteiger partial charge is 0.471 e. The van der Waals surface area contributed by atoms with Crippen LogP contribution >= 0.6 is 0 Å². The van der Waals surface area contributed by atoms with Gasteiger partial charge in [-0.1, -0.05) is 60.7 Å². The first-order valence-corrected chi connectivity index (χ1v) is 14.8. The Morgan fingerprint density at radius 1 is 1.00 bits per heavy atom. The summed E-state index contributed by atoms with van der Waals surface area (Å²) in [6, 6.07) is 26.0. The highest BCUT2D eigenvalue weighted by atomic mass is 19.4. The van der Waals surface area contributed by atoms with E-state index >= 15 is 0 Å². The molecule has 2 aliphatic rings. The maximum absolute atomic E-state index is 13.7. The number of carbonyl (C=O) groups excluding carboxylic acids is 3. The molecule has 1 aromatic heterocycles. The zero-order valence-corrected chi connectivity index (χ0v) is 24.6. The quantitative estimate of drug-likeness (QED) is 0.180. The average Bonchev–Trinajstić information content (AvgIpc) is 3.61. The summed E-state index contributed by atoms with van der Waals surface area (Å²) < 4.78 is 44.3. The third kappa shape index (κ3) is 6.38. The molecule has 12 heteroatoms. The van der Waals surface area contributed by atoms with Gasteiger partial charge >= 0.3 is 12.1 Å². The predicted molar refractivity (Wildman–Crippen MR) is 161 cm³/mol. The van der Waals surface area contributed by atoms with E-state index in [-0.39, 0.29) is 39.0 Å². The number of carbonyl (C=O) groups is 3. The lowest BCUT2D eigenvalue weighted by Gasteiger charge is -2.25. The number of likely N-dealkylation sites (tertiary alicyclic amines) is 1. The Balaban J connectivity index is 1.15. The van der Waals surface area contributed by atoms with E-state index in [0.29, 0.717) is 5.75 Å². The van der Waals surface area contributed by atoms with Crippen molar-refractivity contribution >= 4 is 28.6 Å². The summed E-state index contributed by atoms with van der Waals surface area (Å²) >= 11 is 0. The molecule has 6 rings (SSSR count). The number of rotatable bonds is 9. The van der Waals surface area contributed by atoms with E-state index in [1.807, 2.05) is 66.0 Å². The Kier molecular flexibility index (Phi) is 8.39. The van der Waals surface area contributed by atoms with Crippen LogP contribution in [0, 0.1) is 11.3 Å². The number of alkyl halides is 3. The minimum absolute atomic E-state index is 0.0989. The van der Waals surface area contributed by atoms with Gasteiger partial charge in [-0.05, 0) is 49.1 Å². The van der Waals surface area contributed by atoms with Gasteiger partial charge in [0.05, 0.1) is 22.5 Å². The summed E-state index contributed by atoms with van der Waals surface area (Å²) in [5.41, 5.74) is 4.84. The highest BCUT2D eigenvalue weighted by Gasteiger charge is 2.64. The van der Waals surface area contributed by atoms with Crippen LogP contribution in [0.3, 0.4) is 0 Å². The predicted octanol–water partition coefficient (Wildman–Crippen LogP) is 4.81.